The second kappa shape index (κ2) is 6.29. The Morgan fingerprint density at radius 3 is 2.88 bits per heavy atom. The number of phenols is 1. The number of hydrogen-bond acceptors (Lipinski definition) is 4. The first-order valence-corrected chi connectivity index (χ1v) is 7.31. The molecule has 2 aromatic carbocycles. The Hall–Kier alpha value is -2.93. The molecule has 0 radical (unpaired) electrons. The smallest absolute Gasteiger partial charge is 0.277 e. The highest BCUT2D eigenvalue weighted by Gasteiger charge is 2.14. The predicted molar refractivity (Wildman–Crippen MR) is 87.1 cm³/mol. The number of aromatic hydroxyl groups is 1. The molecule has 1 amide bonds. The van der Waals surface area contributed by atoms with Crippen molar-refractivity contribution in [1.82, 2.24) is 15.0 Å². The molecule has 3 aromatic rings. The first-order chi connectivity index (χ1) is 11.5. The summed E-state index contributed by atoms with van der Waals surface area (Å²) < 4.78 is 14.4. The molecule has 8 heteroatoms. The van der Waals surface area contributed by atoms with E-state index in [1.54, 1.807) is 25.1 Å². The number of nitrogens with zero attached hydrogens (tertiary/aromatic N) is 3. The zero-order valence-corrected chi connectivity index (χ0v) is 13.3. The number of carbonyl (C=O) groups is 1. The van der Waals surface area contributed by atoms with E-state index >= 15 is 0 Å². The highest BCUT2D eigenvalue weighted by Crippen LogP contribution is 2.23. The van der Waals surface area contributed by atoms with Gasteiger partial charge in [0.2, 0.25) is 0 Å². The van der Waals surface area contributed by atoms with Gasteiger partial charge in [-0.2, -0.15) is 0 Å². The van der Waals surface area contributed by atoms with Gasteiger partial charge in [0, 0.05) is 16.8 Å². The summed E-state index contributed by atoms with van der Waals surface area (Å²) in [6.45, 7) is 1.79. The number of anilines is 1. The highest BCUT2D eigenvalue weighted by molar-refractivity contribution is 6.31. The molecule has 0 bridgehead atoms. The van der Waals surface area contributed by atoms with Gasteiger partial charge in [0.25, 0.3) is 5.91 Å². The van der Waals surface area contributed by atoms with Crippen LogP contribution in [0.5, 0.6) is 5.75 Å². The van der Waals surface area contributed by atoms with Crippen LogP contribution in [0.1, 0.15) is 16.1 Å². The SMILES string of the molecule is Cc1c(Cl)cccc1NC(=O)c1cn(-c2ccc(F)c(O)c2)nn1. The number of aromatic nitrogens is 3. The van der Waals surface area contributed by atoms with Crippen LogP contribution >= 0.6 is 11.6 Å². The minimum atomic E-state index is -0.742. The maximum Gasteiger partial charge on any atom is 0.277 e. The number of benzene rings is 2. The fourth-order valence-corrected chi connectivity index (χ4v) is 2.24. The average Bonchev–Trinajstić information content (AvgIpc) is 3.04. The van der Waals surface area contributed by atoms with Gasteiger partial charge in [-0.05, 0) is 36.8 Å². The van der Waals surface area contributed by atoms with Crippen LogP contribution < -0.4 is 5.32 Å². The molecule has 0 spiro atoms. The minimum Gasteiger partial charge on any atom is -0.505 e. The fraction of sp³-hybridized carbons (Fsp3) is 0.0625. The zero-order valence-electron chi connectivity index (χ0n) is 12.5. The normalized spacial score (nSPS) is 10.6. The lowest BCUT2D eigenvalue weighted by Crippen LogP contribution is -2.13. The highest BCUT2D eigenvalue weighted by atomic mass is 35.5. The zero-order chi connectivity index (χ0) is 17.3. The van der Waals surface area contributed by atoms with Crippen LogP contribution in [0.2, 0.25) is 5.02 Å². The Labute approximate surface area is 141 Å². The lowest BCUT2D eigenvalue weighted by Gasteiger charge is -2.07. The molecule has 0 aliphatic heterocycles. The standard InChI is InChI=1S/C16H12ClFN4O2/c1-9-11(17)3-2-4-13(9)19-16(24)14-8-22(21-20-14)10-5-6-12(18)15(23)7-10/h2-8,23H,1H3,(H,19,24). The van der Waals surface area contributed by atoms with Crippen molar-refractivity contribution in [2.45, 2.75) is 6.92 Å². The van der Waals surface area contributed by atoms with E-state index in [9.17, 15) is 14.3 Å². The number of rotatable bonds is 3. The van der Waals surface area contributed by atoms with Gasteiger partial charge in [-0.3, -0.25) is 4.79 Å². The Bertz CT molecular complexity index is 926. The Balaban J connectivity index is 1.83. The van der Waals surface area contributed by atoms with Gasteiger partial charge in [-0.1, -0.05) is 22.9 Å². The number of hydrogen-bond donors (Lipinski definition) is 2. The Kier molecular flexibility index (Phi) is 4.18. The number of amides is 1. The molecule has 0 saturated carbocycles. The number of nitrogens with one attached hydrogen (secondary N) is 1. The van der Waals surface area contributed by atoms with E-state index in [1.165, 1.54) is 23.0 Å². The lowest BCUT2D eigenvalue weighted by atomic mass is 10.2. The third-order valence-electron chi connectivity index (χ3n) is 3.44. The van der Waals surface area contributed by atoms with Crippen LogP contribution in [0.25, 0.3) is 5.69 Å². The molecular weight excluding hydrogens is 335 g/mol. The molecule has 1 heterocycles. The Morgan fingerprint density at radius 1 is 1.33 bits per heavy atom. The fourth-order valence-electron chi connectivity index (χ4n) is 2.07. The van der Waals surface area contributed by atoms with Crippen molar-refractivity contribution in [2.75, 3.05) is 5.32 Å². The molecule has 2 N–H and O–H groups in total. The number of phenolic OH excluding ortho intramolecular Hbond substituents is 1. The summed E-state index contributed by atoms with van der Waals surface area (Å²) in [5.41, 5.74) is 1.75. The van der Waals surface area contributed by atoms with Crippen molar-refractivity contribution < 1.29 is 14.3 Å². The second-order valence-corrected chi connectivity index (χ2v) is 5.46. The molecule has 0 atom stereocenters. The van der Waals surface area contributed by atoms with Crippen LogP contribution in [0, 0.1) is 12.7 Å². The number of halogens is 2. The molecule has 0 fully saturated rings. The molecule has 1 aromatic heterocycles. The van der Waals surface area contributed by atoms with E-state index < -0.39 is 17.5 Å². The topological polar surface area (TPSA) is 80.0 Å². The molecule has 0 unspecified atom stereocenters. The third-order valence-corrected chi connectivity index (χ3v) is 3.85. The maximum atomic E-state index is 13.1. The van der Waals surface area contributed by atoms with Crippen molar-refractivity contribution in [3.05, 3.63) is 64.7 Å². The third kappa shape index (κ3) is 3.07. The van der Waals surface area contributed by atoms with Gasteiger partial charge in [0.1, 0.15) is 0 Å². The molecule has 122 valence electrons. The van der Waals surface area contributed by atoms with Gasteiger partial charge in [-0.25, -0.2) is 9.07 Å². The number of carbonyl (C=O) groups excluding carboxylic acids is 1. The quantitative estimate of drug-likeness (QED) is 0.762. The summed E-state index contributed by atoms with van der Waals surface area (Å²) in [6.07, 6.45) is 1.38. The van der Waals surface area contributed by atoms with Crippen LogP contribution in [-0.4, -0.2) is 26.0 Å². The Morgan fingerprint density at radius 2 is 2.12 bits per heavy atom. The van der Waals surface area contributed by atoms with Crippen LogP contribution in [0.4, 0.5) is 10.1 Å². The van der Waals surface area contributed by atoms with E-state index in [0.29, 0.717) is 16.4 Å². The van der Waals surface area contributed by atoms with Crippen molar-refractivity contribution in [3.8, 4) is 11.4 Å². The van der Waals surface area contributed by atoms with Crippen LogP contribution in [-0.2, 0) is 0 Å². The first-order valence-electron chi connectivity index (χ1n) is 6.93. The molecule has 0 aliphatic carbocycles. The summed E-state index contributed by atoms with van der Waals surface area (Å²) >= 11 is 6.02. The predicted octanol–water partition coefficient (Wildman–Crippen LogP) is 3.33. The molecule has 0 aliphatic rings. The molecular formula is C16H12ClFN4O2. The van der Waals surface area contributed by atoms with E-state index in [2.05, 4.69) is 15.6 Å². The van der Waals surface area contributed by atoms with E-state index in [0.717, 1.165) is 11.6 Å². The monoisotopic (exact) mass is 346 g/mol. The van der Waals surface area contributed by atoms with Gasteiger partial charge in [0.05, 0.1) is 11.9 Å². The van der Waals surface area contributed by atoms with Gasteiger partial charge >= 0.3 is 0 Å². The summed E-state index contributed by atoms with van der Waals surface area (Å²) in [7, 11) is 0. The van der Waals surface area contributed by atoms with Gasteiger partial charge in [0.15, 0.2) is 17.3 Å². The van der Waals surface area contributed by atoms with Crippen molar-refractivity contribution in [1.29, 1.82) is 0 Å². The average molecular weight is 347 g/mol. The second-order valence-electron chi connectivity index (χ2n) is 5.05. The summed E-state index contributed by atoms with van der Waals surface area (Å²) in [6, 6.07) is 8.87. The lowest BCUT2D eigenvalue weighted by molar-refractivity contribution is 0.102. The molecule has 0 saturated heterocycles. The molecule has 3 rings (SSSR count). The largest absolute Gasteiger partial charge is 0.505 e. The minimum absolute atomic E-state index is 0.0678. The van der Waals surface area contributed by atoms with Crippen LogP contribution in [0.3, 0.4) is 0 Å². The van der Waals surface area contributed by atoms with Crippen molar-refractivity contribution in [2.24, 2.45) is 0 Å². The van der Waals surface area contributed by atoms with E-state index in [-0.39, 0.29) is 5.69 Å². The van der Waals surface area contributed by atoms with Crippen molar-refractivity contribution >= 4 is 23.2 Å². The summed E-state index contributed by atoms with van der Waals surface area (Å²) in [5.74, 6) is -1.71. The molecule has 6 nitrogen and oxygen atoms in total. The maximum absolute atomic E-state index is 13.1. The summed E-state index contributed by atoms with van der Waals surface area (Å²) in [5, 5.41) is 20.2. The summed E-state index contributed by atoms with van der Waals surface area (Å²) in [4.78, 5) is 12.3. The van der Waals surface area contributed by atoms with E-state index in [1.807, 2.05) is 0 Å². The molecule has 24 heavy (non-hydrogen) atoms. The first kappa shape index (κ1) is 15.9. The van der Waals surface area contributed by atoms with Gasteiger partial charge in [-0.15, -0.1) is 5.10 Å². The van der Waals surface area contributed by atoms with Gasteiger partial charge < -0.3 is 10.4 Å². The van der Waals surface area contributed by atoms with Crippen molar-refractivity contribution in [3.63, 3.8) is 0 Å². The van der Waals surface area contributed by atoms with Crippen LogP contribution in [0.15, 0.2) is 42.6 Å². The van der Waals surface area contributed by atoms with E-state index in [4.69, 9.17) is 11.6 Å².